The summed E-state index contributed by atoms with van der Waals surface area (Å²) in [7, 11) is 0. The number of aliphatic hydroxyl groups excluding tert-OH is 5. The smallest absolute Gasteiger partial charge is 0.330 e. The molecule has 304 valence electrons. The van der Waals surface area contributed by atoms with Crippen molar-refractivity contribution in [2.24, 2.45) is 11.8 Å². The molecule has 4 rings (SSSR count). The van der Waals surface area contributed by atoms with E-state index >= 15 is 0 Å². The molecule has 0 radical (unpaired) electrons. The molecule has 0 aromatic heterocycles. The SMILES string of the molecule is CCC(O)CC1CCCC2(CC3OC(=O)/C=C\C(C)(O)C(O)C(C)C(O)C(O)C(O)C(C)(O)CCCCC/C=C\C4=C(CC(O2)C3C)OC(C)(C)C4)O1. The van der Waals surface area contributed by atoms with Crippen LogP contribution in [0.5, 0.6) is 0 Å². The van der Waals surface area contributed by atoms with Crippen LogP contribution in [0.25, 0.3) is 0 Å². The lowest BCUT2D eigenvalue weighted by Crippen LogP contribution is -2.56. The van der Waals surface area contributed by atoms with Crippen LogP contribution in [0, 0.1) is 11.8 Å². The Morgan fingerprint density at radius 1 is 0.868 bits per heavy atom. The first-order chi connectivity index (χ1) is 24.7. The Morgan fingerprint density at radius 3 is 2.28 bits per heavy atom. The summed E-state index contributed by atoms with van der Waals surface area (Å²) >= 11 is 0. The summed E-state index contributed by atoms with van der Waals surface area (Å²) in [6, 6.07) is 0. The first-order valence-electron chi connectivity index (χ1n) is 19.9. The van der Waals surface area contributed by atoms with Crippen molar-refractivity contribution >= 4 is 5.97 Å². The maximum absolute atomic E-state index is 13.4. The van der Waals surface area contributed by atoms with E-state index in [1.165, 1.54) is 20.8 Å². The number of carbonyl (C=O) groups excluding carboxylic acids is 1. The van der Waals surface area contributed by atoms with Crippen LogP contribution < -0.4 is 0 Å². The zero-order chi connectivity index (χ0) is 39.4. The minimum absolute atomic E-state index is 0.171. The van der Waals surface area contributed by atoms with Gasteiger partial charge in [0.1, 0.15) is 35.3 Å². The Labute approximate surface area is 315 Å². The van der Waals surface area contributed by atoms with Gasteiger partial charge in [-0.15, -0.1) is 0 Å². The maximum Gasteiger partial charge on any atom is 0.330 e. The largest absolute Gasteiger partial charge is 0.491 e. The maximum atomic E-state index is 13.4. The van der Waals surface area contributed by atoms with Gasteiger partial charge in [-0.05, 0) is 84.3 Å². The van der Waals surface area contributed by atoms with Crippen molar-refractivity contribution in [3.05, 3.63) is 35.6 Å². The molecule has 4 heterocycles. The normalized spacial score (nSPS) is 44.3. The predicted molar refractivity (Wildman–Crippen MR) is 198 cm³/mol. The molecule has 2 bridgehead atoms. The van der Waals surface area contributed by atoms with Gasteiger partial charge in [0.15, 0.2) is 5.79 Å². The fraction of sp³-hybridized carbons (Fsp3) is 0.829. The third kappa shape index (κ3) is 11.4. The zero-order valence-electron chi connectivity index (χ0n) is 32.9. The lowest BCUT2D eigenvalue weighted by Gasteiger charge is -2.50. The van der Waals surface area contributed by atoms with Crippen LogP contribution in [0.4, 0.5) is 0 Å². The van der Waals surface area contributed by atoms with Crippen LogP contribution in [0.15, 0.2) is 35.6 Å². The van der Waals surface area contributed by atoms with Crippen LogP contribution in [0.1, 0.15) is 132 Å². The topological polar surface area (TPSA) is 196 Å². The molecule has 2 fully saturated rings. The second-order valence-corrected chi connectivity index (χ2v) is 17.4. The molecule has 7 N–H and O–H groups in total. The van der Waals surface area contributed by atoms with E-state index in [-0.39, 0.29) is 24.9 Å². The average Bonchev–Trinajstić information content (AvgIpc) is 3.38. The van der Waals surface area contributed by atoms with Gasteiger partial charge in [0.05, 0.1) is 36.1 Å². The summed E-state index contributed by atoms with van der Waals surface area (Å²) in [6.07, 6.45) is 5.43. The minimum atomic E-state index is -2.05. The molecule has 0 aromatic carbocycles. The second-order valence-electron chi connectivity index (χ2n) is 17.4. The van der Waals surface area contributed by atoms with Crippen molar-refractivity contribution in [2.75, 3.05) is 0 Å². The Hall–Kier alpha value is -1.87. The number of ether oxygens (including phenoxy) is 4. The van der Waals surface area contributed by atoms with Crippen molar-refractivity contribution in [1.29, 1.82) is 0 Å². The van der Waals surface area contributed by atoms with Gasteiger partial charge in [-0.2, -0.15) is 0 Å². The molecule has 13 atom stereocenters. The van der Waals surface area contributed by atoms with E-state index in [9.17, 15) is 40.5 Å². The van der Waals surface area contributed by atoms with Gasteiger partial charge >= 0.3 is 5.97 Å². The number of carbonyl (C=O) groups is 1. The molecule has 4 aliphatic rings. The van der Waals surface area contributed by atoms with Crippen LogP contribution >= 0.6 is 0 Å². The monoisotopic (exact) mass is 752 g/mol. The highest BCUT2D eigenvalue weighted by Gasteiger charge is 2.51. The predicted octanol–water partition coefficient (Wildman–Crippen LogP) is 4.25. The van der Waals surface area contributed by atoms with Crippen LogP contribution in [-0.4, -0.2) is 113 Å². The van der Waals surface area contributed by atoms with E-state index < -0.39 is 77.2 Å². The molecule has 12 nitrogen and oxygen atoms in total. The van der Waals surface area contributed by atoms with Gasteiger partial charge in [0, 0.05) is 43.6 Å². The van der Waals surface area contributed by atoms with Crippen molar-refractivity contribution in [3.63, 3.8) is 0 Å². The molecule has 4 aliphatic heterocycles. The van der Waals surface area contributed by atoms with Crippen LogP contribution in [0.2, 0.25) is 0 Å². The highest BCUT2D eigenvalue weighted by Crippen LogP contribution is 2.46. The molecular weight excluding hydrogens is 684 g/mol. The number of hydrogen-bond acceptors (Lipinski definition) is 12. The third-order valence-corrected chi connectivity index (χ3v) is 11.9. The summed E-state index contributed by atoms with van der Waals surface area (Å²) in [5, 5.41) is 76.4. The second kappa shape index (κ2) is 17.9. The van der Waals surface area contributed by atoms with Gasteiger partial charge < -0.3 is 54.7 Å². The summed E-state index contributed by atoms with van der Waals surface area (Å²) in [5.74, 6) is -2.43. The molecule has 2 saturated heterocycles. The lowest BCUT2D eigenvalue weighted by atomic mass is 9.80. The lowest BCUT2D eigenvalue weighted by molar-refractivity contribution is -0.340. The minimum Gasteiger partial charge on any atom is -0.491 e. The van der Waals surface area contributed by atoms with Crippen molar-refractivity contribution < 1.29 is 59.5 Å². The van der Waals surface area contributed by atoms with Crippen molar-refractivity contribution in [1.82, 2.24) is 0 Å². The summed E-state index contributed by atoms with van der Waals surface area (Å²) in [5.41, 5.74) is -3.12. The number of hydrogen-bond donors (Lipinski definition) is 7. The average molecular weight is 753 g/mol. The number of allylic oxidation sites excluding steroid dienone is 2. The molecule has 0 aromatic rings. The number of esters is 1. The number of aliphatic hydroxyl groups is 7. The summed E-state index contributed by atoms with van der Waals surface area (Å²) in [6.45, 7) is 12.1. The third-order valence-electron chi connectivity index (χ3n) is 11.9. The van der Waals surface area contributed by atoms with E-state index in [4.69, 9.17) is 18.9 Å². The van der Waals surface area contributed by atoms with Gasteiger partial charge in [0.25, 0.3) is 0 Å². The molecule has 0 aliphatic carbocycles. The Kier molecular flexibility index (Phi) is 14.8. The van der Waals surface area contributed by atoms with Gasteiger partial charge in [-0.25, -0.2) is 4.79 Å². The first-order valence-corrected chi connectivity index (χ1v) is 19.9. The molecular formula is C41H68O12. The number of fused-ring (bicyclic) bond motifs is 2. The quantitative estimate of drug-likeness (QED) is 0.203. The van der Waals surface area contributed by atoms with E-state index in [0.29, 0.717) is 38.5 Å². The van der Waals surface area contributed by atoms with Gasteiger partial charge in [0.2, 0.25) is 0 Å². The van der Waals surface area contributed by atoms with E-state index in [0.717, 1.165) is 55.6 Å². The molecule has 0 saturated carbocycles. The van der Waals surface area contributed by atoms with E-state index in [1.54, 1.807) is 0 Å². The summed E-state index contributed by atoms with van der Waals surface area (Å²) < 4.78 is 26.1. The Balaban J connectivity index is 1.66. The van der Waals surface area contributed by atoms with Crippen molar-refractivity contribution in [2.45, 2.75) is 203 Å². The highest BCUT2D eigenvalue weighted by atomic mass is 16.7. The van der Waals surface area contributed by atoms with Crippen LogP contribution in [0.3, 0.4) is 0 Å². The molecule has 1 spiro atoms. The van der Waals surface area contributed by atoms with E-state index in [2.05, 4.69) is 12.2 Å². The summed E-state index contributed by atoms with van der Waals surface area (Å²) in [4.78, 5) is 13.4. The standard InChI is InChI=1S/C41H68O12/c1-8-28(42)21-29-16-14-19-41(51-29)24-32-25(2)30(53-41)22-31-27(23-38(4,5)52-31)15-12-10-9-11-13-18-39(6,48)37(47)35(45)34(44)26(3)36(46)40(7,49)20-17-33(43)50-32/h12,15,17,20,25-26,28-30,32,34-37,42,44-49H,8-11,13-14,16,18-19,21-24H2,1-7H3/b15-12-,20-17-. The van der Waals surface area contributed by atoms with E-state index in [1.807, 2.05) is 27.7 Å². The molecule has 12 heteroatoms. The molecule has 0 amide bonds. The van der Waals surface area contributed by atoms with Crippen molar-refractivity contribution in [3.8, 4) is 0 Å². The first kappa shape index (κ1) is 43.9. The fourth-order valence-electron chi connectivity index (χ4n) is 8.34. The van der Waals surface area contributed by atoms with Crippen LogP contribution in [-0.2, 0) is 23.7 Å². The van der Waals surface area contributed by atoms with Gasteiger partial charge in [-0.3, -0.25) is 0 Å². The number of rotatable bonds is 3. The fourth-order valence-corrected chi connectivity index (χ4v) is 8.34. The Morgan fingerprint density at radius 2 is 1.58 bits per heavy atom. The Bertz CT molecular complexity index is 1310. The zero-order valence-corrected chi connectivity index (χ0v) is 32.9. The molecule has 13 unspecified atom stereocenters. The molecule has 53 heavy (non-hydrogen) atoms. The highest BCUT2D eigenvalue weighted by molar-refractivity contribution is 5.82. The van der Waals surface area contributed by atoms with Gasteiger partial charge in [-0.1, -0.05) is 45.8 Å².